The van der Waals surface area contributed by atoms with Gasteiger partial charge in [-0.05, 0) is 43.1 Å². The van der Waals surface area contributed by atoms with E-state index in [1.165, 1.54) is 22.2 Å². The number of aromatic nitrogens is 2. The number of hydrogen-bond acceptors (Lipinski definition) is 5. The minimum absolute atomic E-state index is 0.000306. The summed E-state index contributed by atoms with van der Waals surface area (Å²) in [4.78, 5) is 32.3. The van der Waals surface area contributed by atoms with Gasteiger partial charge in [-0.2, -0.15) is 0 Å². The number of fused-ring (bicyclic) bond motifs is 3. The molecule has 7 heteroatoms. The predicted molar refractivity (Wildman–Crippen MR) is 118 cm³/mol. The van der Waals surface area contributed by atoms with Crippen LogP contribution in [0.1, 0.15) is 44.1 Å². The topological polar surface area (TPSA) is 64.0 Å². The first-order valence-corrected chi connectivity index (χ1v) is 11.8. The fourth-order valence-electron chi connectivity index (χ4n) is 3.49. The smallest absolute Gasteiger partial charge is 0.263 e. The molecule has 5 nitrogen and oxygen atoms in total. The van der Waals surface area contributed by atoms with Crippen molar-refractivity contribution in [2.24, 2.45) is 11.8 Å². The number of nitrogens with zero attached hydrogens (tertiary/aromatic N) is 2. The highest BCUT2D eigenvalue weighted by Crippen LogP contribution is 2.36. The van der Waals surface area contributed by atoms with Gasteiger partial charge < -0.3 is 5.32 Å². The van der Waals surface area contributed by atoms with E-state index in [-0.39, 0.29) is 17.2 Å². The van der Waals surface area contributed by atoms with Gasteiger partial charge in [-0.3, -0.25) is 14.2 Å². The van der Waals surface area contributed by atoms with Crippen molar-refractivity contribution in [1.82, 2.24) is 14.9 Å². The van der Waals surface area contributed by atoms with Crippen LogP contribution >= 0.6 is 23.1 Å². The van der Waals surface area contributed by atoms with Crippen molar-refractivity contribution in [3.8, 4) is 0 Å². The normalized spacial score (nSPS) is 16.4. The lowest BCUT2D eigenvalue weighted by atomic mass is 9.89. The quantitative estimate of drug-likeness (QED) is 0.399. The Bertz CT molecular complexity index is 930. The summed E-state index contributed by atoms with van der Waals surface area (Å²) in [5.74, 6) is 1.45. The van der Waals surface area contributed by atoms with Crippen LogP contribution in [0.5, 0.6) is 0 Å². The number of thioether (sulfide) groups is 1. The maximum atomic E-state index is 13.2. The Morgan fingerprint density at radius 3 is 3.00 bits per heavy atom. The van der Waals surface area contributed by atoms with Gasteiger partial charge in [-0.25, -0.2) is 4.98 Å². The van der Waals surface area contributed by atoms with E-state index in [9.17, 15) is 9.59 Å². The Balaban J connectivity index is 1.85. The van der Waals surface area contributed by atoms with Gasteiger partial charge in [-0.1, -0.05) is 38.6 Å². The monoisotopic (exact) mass is 419 g/mol. The summed E-state index contributed by atoms with van der Waals surface area (Å²) in [6, 6.07) is 0. The summed E-state index contributed by atoms with van der Waals surface area (Å²) >= 11 is 2.97. The van der Waals surface area contributed by atoms with Gasteiger partial charge in [-0.15, -0.1) is 17.9 Å². The van der Waals surface area contributed by atoms with Crippen molar-refractivity contribution >= 4 is 39.2 Å². The zero-order valence-corrected chi connectivity index (χ0v) is 18.5. The van der Waals surface area contributed by atoms with Crippen LogP contribution in [0.25, 0.3) is 10.2 Å². The van der Waals surface area contributed by atoms with Crippen LogP contribution in [-0.2, 0) is 24.2 Å². The minimum Gasteiger partial charge on any atom is -0.355 e. The second kappa shape index (κ2) is 9.27. The zero-order chi connectivity index (χ0) is 20.3. The first-order valence-electron chi connectivity index (χ1n) is 9.96. The lowest BCUT2D eigenvalue weighted by molar-refractivity contribution is -0.118. The number of thiophene rings is 1. The van der Waals surface area contributed by atoms with Crippen LogP contribution in [0, 0.1) is 11.8 Å². The summed E-state index contributed by atoms with van der Waals surface area (Å²) in [5.41, 5.74) is 1.19. The summed E-state index contributed by atoms with van der Waals surface area (Å²) in [7, 11) is 0. The molecule has 1 aliphatic carbocycles. The van der Waals surface area contributed by atoms with Gasteiger partial charge in [0.2, 0.25) is 5.91 Å². The van der Waals surface area contributed by atoms with E-state index in [2.05, 4.69) is 32.7 Å². The van der Waals surface area contributed by atoms with E-state index in [4.69, 9.17) is 4.98 Å². The van der Waals surface area contributed by atoms with E-state index in [0.29, 0.717) is 30.1 Å². The van der Waals surface area contributed by atoms with Crippen LogP contribution in [0.4, 0.5) is 0 Å². The Hall–Kier alpha value is -1.60. The third-order valence-electron chi connectivity index (χ3n) is 5.07. The molecule has 0 fully saturated rings. The molecule has 1 aliphatic rings. The number of carbonyl (C=O) groups excluding carboxylic acids is 1. The van der Waals surface area contributed by atoms with Gasteiger partial charge in [0.1, 0.15) is 4.83 Å². The third-order valence-corrected chi connectivity index (χ3v) is 7.19. The average molecular weight is 420 g/mol. The zero-order valence-electron chi connectivity index (χ0n) is 16.9. The van der Waals surface area contributed by atoms with E-state index in [1.54, 1.807) is 22.0 Å². The molecule has 1 unspecified atom stereocenters. The molecule has 1 atom stereocenters. The van der Waals surface area contributed by atoms with E-state index in [1.807, 2.05) is 0 Å². The molecule has 1 amide bonds. The molecule has 152 valence electrons. The van der Waals surface area contributed by atoms with Crippen LogP contribution in [0.15, 0.2) is 22.6 Å². The van der Waals surface area contributed by atoms with Crippen LogP contribution < -0.4 is 10.9 Å². The molecule has 3 rings (SSSR count). The second-order valence-corrected chi connectivity index (χ2v) is 9.98. The maximum Gasteiger partial charge on any atom is 0.263 e. The lowest BCUT2D eigenvalue weighted by Crippen LogP contribution is -2.28. The van der Waals surface area contributed by atoms with Crippen molar-refractivity contribution < 1.29 is 4.79 Å². The molecule has 1 N–H and O–H groups in total. The van der Waals surface area contributed by atoms with E-state index >= 15 is 0 Å². The van der Waals surface area contributed by atoms with E-state index in [0.717, 1.165) is 35.9 Å². The Labute approximate surface area is 174 Å². The molecule has 0 radical (unpaired) electrons. The van der Waals surface area contributed by atoms with Gasteiger partial charge >= 0.3 is 0 Å². The first-order chi connectivity index (χ1) is 13.4. The molecular weight excluding hydrogens is 390 g/mol. The van der Waals surface area contributed by atoms with Gasteiger partial charge in [0.25, 0.3) is 5.56 Å². The number of rotatable bonds is 8. The summed E-state index contributed by atoms with van der Waals surface area (Å²) in [6.07, 6.45) is 5.76. The largest absolute Gasteiger partial charge is 0.355 e. The highest BCUT2D eigenvalue weighted by atomic mass is 32.2. The number of nitrogens with one attached hydrogen (secondary N) is 1. The summed E-state index contributed by atoms with van der Waals surface area (Å²) in [5, 5.41) is 4.32. The second-order valence-electron chi connectivity index (χ2n) is 7.95. The van der Waals surface area contributed by atoms with Crippen molar-refractivity contribution in [2.75, 3.05) is 12.3 Å². The number of allylic oxidation sites excluding steroid dienone is 1. The minimum atomic E-state index is -0.0237. The fourth-order valence-corrected chi connectivity index (χ4v) is 5.75. The first kappa shape index (κ1) is 21.1. The molecule has 2 aromatic heterocycles. The molecule has 0 saturated carbocycles. The Morgan fingerprint density at radius 1 is 1.50 bits per heavy atom. The van der Waals surface area contributed by atoms with Gasteiger partial charge in [0.15, 0.2) is 5.16 Å². The van der Waals surface area contributed by atoms with Crippen molar-refractivity contribution in [2.45, 2.75) is 58.2 Å². The number of amides is 1. The number of carbonyl (C=O) groups is 1. The van der Waals surface area contributed by atoms with Gasteiger partial charge in [0.05, 0.1) is 11.1 Å². The SMILES string of the molecule is C=CCn1c(SCC(=O)NCCC(C)C)nc2sc3c(c2c1=O)CCC(C)C3. The predicted octanol–water partition coefficient (Wildman–Crippen LogP) is 4.02. The fraction of sp³-hybridized carbons (Fsp3) is 0.571. The van der Waals surface area contributed by atoms with Crippen molar-refractivity contribution in [3.63, 3.8) is 0 Å². The highest BCUT2D eigenvalue weighted by Gasteiger charge is 2.24. The lowest BCUT2D eigenvalue weighted by Gasteiger charge is -2.17. The van der Waals surface area contributed by atoms with Crippen molar-refractivity contribution in [3.05, 3.63) is 33.4 Å². The molecule has 2 heterocycles. The molecule has 0 aromatic carbocycles. The van der Waals surface area contributed by atoms with Crippen LogP contribution in [-0.4, -0.2) is 27.8 Å². The number of hydrogen-bond donors (Lipinski definition) is 1. The number of aryl methyl sites for hydroxylation is 1. The highest BCUT2D eigenvalue weighted by molar-refractivity contribution is 7.99. The summed E-state index contributed by atoms with van der Waals surface area (Å²) in [6.45, 7) is 11.4. The van der Waals surface area contributed by atoms with Crippen molar-refractivity contribution in [1.29, 1.82) is 0 Å². The summed E-state index contributed by atoms with van der Waals surface area (Å²) < 4.78 is 1.66. The third kappa shape index (κ3) is 4.69. The Kier molecular flexibility index (Phi) is 6.99. The molecule has 0 aliphatic heterocycles. The van der Waals surface area contributed by atoms with E-state index < -0.39 is 0 Å². The molecule has 0 saturated heterocycles. The molecule has 2 aromatic rings. The Morgan fingerprint density at radius 2 is 2.29 bits per heavy atom. The molecule has 0 spiro atoms. The average Bonchev–Trinajstić information content (AvgIpc) is 2.99. The van der Waals surface area contributed by atoms with Crippen LogP contribution in [0.2, 0.25) is 0 Å². The van der Waals surface area contributed by atoms with Gasteiger partial charge in [0, 0.05) is 18.0 Å². The molecule has 28 heavy (non-hydrogen) atoms. The van der Waals surface area contributed by atoms with Crippen LogP contribution in [0.3, 0.4) is 0 Å². The standard InChI is InChI=1S/C21H29N3O2S2/c1-5-10-24-20(26)18-15-7-6-14(4)11-16(15)28-19(18)23-21(24)27-12-17(25)22-9-8-13(2)3/h5,13-14H,1,6-12H2,2-4H3,(H,22,25). The molecule has 0 bridgehead atoms. The maximum absolute atomic E-state index is 13.2. The molecular formula is C21H29N3O2S2.